The molecule has 0 amide bonds. The van der Waals surface area contributed by atoms with Crippen molar-refractivity contribution in [2.75, 3.05) is 7.11 Å². The first-order chi connectivity index (χ1) is 11.0. The summed E-state index contributed by atoms with van der Waals surface area (Å²) in [5.41, 5.74) is 5.76. The number of hydrogen-bond donors (Lipinski definition) is 0. The fourth-order valence-corrected chi connectivity index (χ4v) is 6.08. The molecule has 0 aliphatic heterocycles. The third-order valence-corrected chi connectivity index (χ3v) is 7.21. The minimum Gasteiger partial charge on any atom is -0.496 e. The number of allylic oxidation sites excluding steroid dienone is 4. The van der Waals surface area contributed by atoms with E-state index in [4.69, 9.17) is 4.74 Å². The molecule has 0 aromatic heterocycles. The second kappa shape index (κ2) is 6.55. The average Bonchev–Trinajstić information content (AvgIpc) is 2.99. The van der Waals surface area contributed by atoms with E-state index in [9.17, 15) is 0 Å². The highest BCUT2D eigenvalue weighted by Crippen LogP contribution is 2.44. The first kappa shape index (κ1) is 19.0. The summed E-state index contributed by atoms with van der Waals surface area (Å²) in [6.07, 6.45) is 7.80. The van der Waals surface area contributed by atoms with Crippen molar-refractivity contribution in [3.63, 3.8) is 0 Å². The molecule has 0 N–H and O–H groups in total. The van der Waals surface area contributed by atoms with Crippen molar-refractivity contribution in [2.24, 2.45) is 0 Å². The van der Waals surface area contributed by atoms with Gasteiger partial charge >= 0.3 is 0 Å². The van der Waals surface area contributed by atoms with E-state index in [1.807, 2.05) is 7.11 Å². The van der Waals surface area contributed by atoms with Crippen LogP contribution in [0.4, 0.5) is 0 Å². The Morgan fingerprint density at radius 1 is 1.08 bits per heavy atom. The Labute approximate surface area is 150 Å². The Morgan fingerprint density at radius 2 is 1.71 bits per heavy atom. The Morgan fingerprint density at radius 3 is 2.12 bits per heavy atom. The smallest absolute Gasteiger partial charge is 0.126 e. The van der Waals surface area contributed by atoms with Crippen molar-refractivity contribution in [2.45, 2.75) is 71.9 Å². The third-order valence-electron chi connectivity index (χ3n) is 5.32. The zero-order valence-corrected chi connectivity index (χ0v) is 18.2. The minimum atomic E-state index is -0.995. The van der Waals surface area contributed by atoms with Crippen LogP contribution in [0.2, 0.25) is 13.1 Å². The number of ether oxygens (including phenoxy) is 1. The highest BCUT2D eigenvalue weighted by Gasteiger charge is 2.36. The van der Waals surface area contributed by atoms with Crippen LogP contribution in [0, 0.1) is 6.92 Å². The Bertz CT molecular complexity index is 685. The quantitative estimate of drug-likeness (QED) is 0.687. The molecule has 0 spiro atoms. The van der Waals surface area contributed by atoms with Gasteiger partial charge in [-0.15, -0.1) is 0 Å². The lowest BCUT2D eigenvalue weighted by molar-refractivity contribution is 0.384. The first-order valence-corrected chi connectivity index (χ1v) is 12.0. The largest absolute Gasteiger partial charge is 0.496 e. The second-order valence-corrected chi connectivity index (χ2v) is 11.8. The lowest BCUT2D eigenvalue weighted by atomic mass is 9.73. The van der Waals surface area contributed by atoms with E-state index in [2.05, 4.69) is 78.9 Å². The van der Waals surface area contributed by atoms with Crippen molar-refractivity contribution in [1.82, 2.24) is 0 Å². The van der Waals surface area contributed by atoms with Crippen LogP contribution in [-0.2, 0) is 10.8 Å². The molecular formula is C22H34OSi. The molecule has 0 saturated carbocycles. The van der Waals surface area contributed by atoms with E-state index in [1.54, 1.807) is 5.19 Å². The summed E-state index contributed by atoms with van der Waals surface area (Å²) >= 11 is 0. The molecule has 0 bridgehead atoms. The van der Waals surface area contributed by atoms with E-state index in [0.29, 0.717) is 0 Å². The third kappa shape index (κ3) is 3.26. The first-order valence-electron chi connectivity index (χ1n) is 9.10. The van der Waals surface area contributed by atoms with Gasteiger partial charge in [0.15, 0.2) is 0 Å². The van der Waals surface area contributed by atoms with E-state index in [-0.39, 0.29) is 10.8 Å². The van der Waals surface area contributed by atoms with Crippen molar-refractivity contribution in [3.8, 4) is 5.75 Å². The number of aryl methyl sites for hydroxylation is 1. The fourth-order valence-electron chi connectivity index (χ4n) is 4.02. The van der Waals surface area contributed by atoms with Gasteiger partial charge in [-0.05, 0) is 18.8 Å². The Kier molecular flexibility index (Phi) is 5.20. The maximum absolute atomic E-state index is 6.07. The summed E-state index contributed by atoms with van der Waals surface area (Å²) in [7, 11) is 0.845. The second-order valence-electron chi connectivity index (χ2n) is 8.92. The molecule has 1 aromatic carbocycles. The van der Waals surface area contributed by atoms with Gasteiger partial charge in [-0.25, -0.2) is 0 Å². The standard InChI is InChI=1S/C22H34OSi/c1-15-14-17(21(2,3)4)19(23-7)18(20(15)24(8)9)22(5,6)16-12-10-11-13-16/h10-12,14,24H,13H2,1-9H3. The molecule has 2 rings (SSSR count). The zero-order chi connectivity index (χ0) is 18.3. The zero-order valence-electron chi connectivity index (χ0n) is 17.0. The van der Waals surface area contributed by atoms with Crippen LogP contribution in [0.25, 0.3) is 0 Å². The number of benzene rings is 1. The number of methoxy groups -OCH3 is 1. The van der Waals surface area contributed by atoms with Gasteiger partial charge in [0.05, 0.1) is 15.9 Å². The van der Waals surface area contributed by atoms with Gasteiger partial charge in [0.25, 0.3) is 0 Å². The molecular weight excluding hydrogens is 308 g/mol. The van der Waals surface area contributed by atoms with Crippen molar-refractivity contribution < 1.29 is 4.74 Å². The van der Waals surface area contributed by atoms with Crippen LogP contribution in [0.5, 0.6) is 5.75 Å². The van der Waals surface area contributed by atoms with E-state index in [0.717, 1.165) is 12.2 Å². The molecule has 1 nitrogen and oxygen atoms in total. The van der Waals surface area contributed by atoms with E-state index >= 15 is 0 Å². The molecule has 0 saturated heterocycles. The van der Waals surface area contributed by atoms with Crippen molar-refractivity contribution in [1.29, 1.82) is 0 Å². The molecule has 1 aliphatic rings. The molecule has 0 unspecified atom stereocenters. The molecule has 0 atom stereocenters. The van der Waals surface area contributed by atoms with Crippen LogP contribution >= 0.6 is 0 Å². The monoisotopic (exact) mass is 342 g/mol. The fraction of sp³-hybridized carbons (Fsp3) is 0.545. The summed E-state index contributed by atoms with van der Waals surface area (Å²) in [4.78, 5) is 0. The topological polar surface area (TPSA) is 9.23 Å². The molecule has 2 heteroatoms. The number of hydrogen-bond acceptors (Lipinski definition) is 1. The molecule has 24 heavy (non-hydrogen) atoms. The maximum Gasteiger partial charge on any atom is 0.126 e. The highest BCUT2D eigenvalue weighted by atomic mass is 28.3. The molecule has 0 heterocycles. The van der Waals surface area contributed by atoms with Crippen LogP contribution < -0.4 is 9.92 Å². The summed E-state index contributed by atoms with van der Waals surface area (Å²) in [6.45, 7) is 18.7. The van der Waals surface area contributed by atoms with Crippen LogP contribution in [0.15, 0.2) is 29.9 Å². The highest BCUT2D eigenvalue weighted by molar-refractivity contribution is 6.71. The van der Waals surface area contributed by atoms with Gasteiger partial charge in [-0.3, -0.25) is 0 Å². The molecule has 132 valence electrons. The van der Waals surface area contributed by atoms with Gasteiger partial charge in [0, 0.05) is 16.5 Å². The lowest BCUT2D eigenvalue weighted by Crippen LogP contribution is -2.38. The summed E-state index contributed by atoms with van der Waals surface area (Å²) in [5.74, 6) is 1.11. The van der Waals surface area contributed by atoms with Gasteiger partial charge in [-0.1, -0.05) is 88.3 Å². The van der Waals surface area contributed by atoms with Crippen LogP contribution in [-0.4, -0.2) is 15.9 Å². The molecule has 0 radical (unpaired) electrons. The Balaban J connectivity index is 2.87. The van der Waals surface area contributed by atoms with Crippen LogP contribution in [0.3, 0.4) is 0 Å². The predicted molar refractivity (Wildman–Crippen MR) is 110 cm³/mol. The maximum atomic E-state index is 6.07. The van der Waals surface area contributed by atoms with Crippen LogP contribution in [0.1, 0.15) is 57.7 Å². The average molecular weight is 343 g/mol. The predicted octanol–water partition coefficient (Wildman–Crippen LogP) is 5.16. The number of rotatable bonds is 4. The van der Waals surface area contributed by atoms with Gasteiger partial charge in [-0.2, -0.15) is 0 Å². The van der Waals surface area contributed by atoms with Gasteiger partial charge < -0.3 is 4.74 Å². The van der Waals surface area contributed by atoms with Crippen molar-refractivity contribution >= 4 is 14.0 Å². The SMILES string of the molecule is COc1c(C(C)(C)C)cc(C)c([SiH](C)C)c1C(C)(C)C1=CC=CC1. The van der Waals surface area contributed by atoms with Gasteiger partial charge in [0.2, 0.25) is 0 Å². The van der Waals surface area contributed by atoms with E-state index < -0.39 is 8.80 Å². The summed E-state index contributed by atoms with van der Waals surface area (Å²) in [5, 5.41) is 1.58. The summed E-state index contributed by atoms with van der Waals surface area (Å²) in [6, 6.07) is 2.38. The Hall–Kier alpha value is -1.28. The van der Waals surface area contributed by atoms with Crippen molar-refractivity contribution in [3.05, 3.63) is 46.6 Å². The molecule has 0 fully saturated rings. The normalized spacial score (nSPS) is 15.2. The van der Waals surface area contributed by atoms with Gasteiger partial charge in [0.1, 0.15) is 5.75 Å². The summed E-state index contributed by atoms with van der Waals surface area (Å²) < 4.78 is 6.07. The lowest BCUT2D eigenvalue weighted by Gasteiger charge is -2.36. The molecule has 1 aromatic rings. The van der Waals surface area contributed by atoms with E-state index in [1.165, 1.54) is 22.3 Å². The molecule has 1 aliphatic carbocycles. The minimum absolute atomic E-state index is 0.00648.